The summed E-state index contributed by atoms with van der Waals surface area (Å²) in [5, 5.41) is 10.0. The van der Waals surface area contributed by atoms with E-state index in [1.807, 2.05) is 31.2 Å². The van der Waals surface area contributed by atoms with Gasteiger partial charge in [0.15, 0.2) is 0 Å². The summed E-state index contributed by atoms with van der Waals surface area (Å²) in [6.45, 7) is 1.93. The molecule has 0 fully saturated rings. The molecule has 3 heterocycles. The molecule has 154 valence electrons. The van der Waals surface area contributed by atoms with E-state index < -0.39 is 0 Å². The first kappa shape index (κ1) is 20.0. The largest absolute Gasteiger partial charge is 0.496 e. The monoisotopic (exact) mass is 412 g/mol. The van der Waals surface area contributed by atoms with Gasteiger partial charge in [-0.25, -0.2) is 9.78 Å². The lowest BCUT2D eigenvalue weighted by molar-refractivity contribution is 0.414. The van der Waals surface area contributed by atoms with Gasteiger partial charge >= 0.3 is 5.69 Å². The molecule has 0 saturated carbocycles. The number of aromatic nitrogens is 4. The highest BCUT2D eigenvalue weighted by atomic mass is 16.5. The number of pyridine rings is 2. The van der Waals surface area contributed by atoms with Crippen LogP contribution in [0, 0.1) is 11.3 Å². The van der Waals surface area contributed by atoms with Gasteiger partial charge in [0.25, 0.3) is 0 Å². The molecule has 0 N–H and O–H groups in total. The summed E-state index contributed by atoms with van der Waals surface area (Å²) < 4.78 is 8.74. The lowest BCUT2D eigenvalue weighted by Crippen LogP contribution is -2.21. The Bertz CT molecular complexity index is 1480. The third kappa shape index (κ3) is 3.16. The van der Waals surface area contributed by atoms with E-state index in [4.69, 9.17) is 4.74 Å². The Balaban J connectivity index is 2.17. The molecule has 0 radical (unpaired) electrons. The number of imidazole rings is 1. The lowest BCUT2D eigenvalue weighted by Gasteiger charge is -2.12. The highest BCUT2D eigenvalue weighted by Gasteiger charge is 2.19. The maximum absolute atomic E-state index is 13.2. The van der Waals surface area contributed by atoms with Crippen molar-refractivity contribution in [2.24, 2.45) is 12.0 Å². The number of fused-ring (bicyclic) bond motifs is 3. The number of rotatable bonds is 4. The standard InChI is InChI=1S/C23H20N6O2/c1-5-14(12-25-2)17-9-18-19(10-21(17)31-4)27-13-20-22(18)29(23(30)28(20)3)16-6-7-26-15(8-16)11-24/h5-10,12-13H,1-4H3/b14-5+,25-12?. The molecule has 4 aromatic rings. The number of hydrogen-bond acceptors (Lipinski definition) is 6. The van der Waals surface area contributed by atoms with Gasteiger partial charge in [-0.3, -0.25) is 19.1 Å². The van der Waals surface area contributed by atoms with Crippen LogP contribution in [-0.4, -0.2) is 39.5 Å². The summed E-state index contributed by atoms with van der Waals surface area (Å²) in [6.07, 6.45) is 6.90. The van der Waals surface area contributed by atoms with Crippen LogP contribution in [0.3, 0.4) is 0 Å². The lowest BCUT2D eigenvalue weighted by atomic mass is 10.0. The van der Waals surface area contributed by atoms with Crippen LogP contribution in [0.15, 0.2) is 52.5 Å². The molecule has 31 heavy (non-hydrogen) atoms. The molecule has 8 nitrogen and oxygen atoms in total. The topological polar surface area (TPSA) is 98.1 Å². The quantitative estimate of drug-likeness (QED) is 0.479. The minimum absolute atomic E-state index is 0.234. The van der Waals surface area contributed by atoms with E-state index in [0.29, 0.717) is 28.0 Å². The Morgan fingerprint density at radius 1 is 1.29 bits per heavy atom. The van der Waals surface area contributed by atoms with E-state index in [9.17, 15) is 10.1 Å². The van der Waals surface area contributed by atoms with E-state index in [2.05, 4.69) is 15.0 Å². The zero-order valence-corrected chi connectivity index (χ0v) is 17.6. The molecule has 8 heteroatoms. The molecule has 0 amide bonds. The van der Waals surface area contributed by atoms with Gasteiger partial charge in [0.05, 0.1) is 35.5 Å². The number of allylic oxidation sites excluding steroid dienone is 2. The number of aliphatic imine (C=N–C) groups is 1. The summed E-state index contributed by atoms with van der Waals surface area (Å²) >= 11 is 0. The van der Waals surface area contributed by atoms with Crippen molar-refractivity contribution >= 4 is 33.7 Å². The van der Waals surface area contributed by atoms with Gasteiger partial charge in [0.1, 0.15) is 17.5 Å². The fraction of sp³-hybridized carbons (Fsp3) is 0.174. The average molecular weight is 412 g/mol. The van der Waals surface area contributed by atoms with Gasteiger partial charge in [0.2, 0.25) is 0 Å². The van der Waals surface area contributed by atoms with Gasteiger partial charge in [0, 0.05) is 43.5 Å². The second-order valence-electron chi connectivity index (χ2n) is 6.88. The van der Waals surface area contributed by atoms with E-state index in [1.165, 1.54) is 6.20 Å². The van der Waals surface area contributed by atoms with E-state index >= 15 is 0 Å². The highest BCUT2D eigenvalue weighted by Crippen LogP contribution is 2.33. The van der Waals surface area contributed by atoms with Crippen molar-refractivity contribution in [1.29, 1.82) is 5.26 Å². The molecule has 0 unspecified atom stereocenters. The molecule has 0 saturated heterocycles. The summed E-state index contributed by atoms with van der Waals surface area (Å²) in [5.74, 6) is 0.660. The summed E-state index contributed by atoms with van der Waals surface area (Å²) in [5.41, 5.74) is 4.34. The summed E-state index contributed by atoms with van der Waals surface area (Å²) in [4.78, 5) is 25.9. The van der Waals surface area contributed by atoms with Crippen molar-refractivity contribution in [2.75, 3.05) is 14.2 Å². The minimum atomic E-state index is -0.238. The number of aryl methyl sites for hydroxylation is 1. The van der Waals surface area contributed by atoms with Crippen molar-refractivity contribution in [2.45, 2.75) is 6.92 Å². The summed E-state index contributed by atoms with van der Waals surface area (Å²) in [7, 11) is 5.02. The maximum atomic E-state index is 13.2. The van der Waals surface area contributed by atoms with Crippen molar-refractivity contribution in [1.82, 2.24) is 19.1 Å². The van der Waals surface area contributed by atoms with Crippen LogP contribution in [-0.2, 0) is 7.05 Å². The smallest absolute Gasteiger partial charge is 0.333 e. The highest BCUT2D eigenvalue weighted by molar-refractivity contribution is 6.13. The number of methoxy groups -OCH3 is 1. The van der Waals surface area contributed by atoms with Gasteiger partial charge in [-0.1, -0.05) is 6.08 Å². The first-order valence-corrected chi connectivity index (χ1v) is 9.57. The van der Waals surface area contributed by atoms with Crippen LogP contribution >= 0.6 is 0 Å². The zero-order valence-electron chi connectivity index (χ0n) is 17.6. The summed E-state index contributed by atoms with van der Waals surface area (Å²) in [6, 6.07) is 9.14. The third-order valence-corrected chi connectivity index (χ3v) is 5.21. The van der Waals surface area contributed by atoms with Crippen molar-refractivity contribution < 1.29 is 4.74 Å². The minimum Gasteiger partial charge on any atom is -0.496 e. The number of nitrogens with zero attached hydrogens (tertiary/aromatic N) is 6. The molecule has 0 aliphatic rings. The molecule has 4 rings (SSSR count). The SMILES string of the molecule is C/C=C(\C=NC)c1cc2c(cc1OC)ncc1c2n(-c2ccnc(C#N)c2)c(=O)n1C. The van der Waals surface area contributed by atoms with Gasteiger partial charge in [-0.05, 0) is 30.7 Å². The van der Waals surface area contributed by atoms with Crippen LogP contribution in [0.5, 0.6) is 5.75 Å². The fourth-order valence-corrected chi connectivity index (χ4v) is 3.72. The van der Waals surface area contributed by atoms with E-state index in [-0.39, 0.29) is 11.4 Å². The molecular weight excluding hydrogens is 392 g/mol. The van der Waals surface area contributed by atoms with Gasteiger partial charge in [-0.15, -0.1) is 0 Å². The van der Waals surface area contributed by atoms with Crippen LogP contribution in [0.4, 0.5) is 0 Å². The van der Waals surface area contributed by atoms with E-state index in [1.54, 1.807) is 54.9 Å². The number of ether oxygens (including phenoxy) is 1. The van der Waals surface area contributed by atoms with Crippen LogP contribution in [0.2, 0.25) is 0 Å². The second-order valence-corrected chi connectivity index (χ2v) is 6.88. The molecular formula is C23H20N6O2. The zero-order chi connectivity index (χ0) is 22.1. The Morgan fingerprint density at radius 3 is 2.77 bits per heavy atom. The average Bonchev–Trinajstić information content (AvgIpc) is 3.07. The van der Waals surface area contributed by atoms with Crippen LogP contribution < -0.4 is 10.4 Å². The second kappa shape index (κ2) is 7.88. The molecule has 0 aliphatic carbocycles. The normalized spacial score (nSPS) is 12.0. The van der Waals surface area contributed by atoms with Crippen molar-refractivity contribution in [3.05, 3.63) is 64.5 Å². The first-order chi connectivity index (χ1) is 15.0. The van der Waals surface area contributed by atoms with Crippen LogP contribution in [0.1, 0.15) is 18.2 Å². The number of nitriles is 1. The predicted octanol–water partition coefficient (Wildman–Crippen LogP) is 3.26. The van der Waals surface area contributed by atoms with Crippen molar-refractivity contribution in [3.63, 3.8) is 0 Å². The van der Waals surface area contributed by atoms with Gasteiger partial charge in [-0.2, -0.15) is 5.26 Å². The Morgan fingerprint density at radius 2 is 2.10 bits per heavy atom. The molecule has 3 aromatic heterocycles. The Labute approximate surface area is 178 Å². The van der Waals surface area contributed by atoms with Crippen LogP contribution in [0.25, 0.3) is 33.2 Å². The number of benzene rings is 1. The molecule has 0 spiro atoms. The molecule has 1 aromatic carbocycles. The van der Waals surface area contributed by atoms with Gasteiger partial charge < -0.3 is 4.74 Å². The number of hydrogen-bond donors (Lipinski definition) is 0. The first-order valence-electron chi connectivity index (χ1n) is 9.57. The fourth-order valence-electron chi connectivity index (χ4n) is 3.72. The Hall–Kier alpha value is -4.25. The molecule has 0 bridgehead atoms. The third-order valence-electron chi connectivity index (χ3n) is 5.21. The predicted molar refractivity (Wildman–Crippen MR) is 121 cm³/mol. The molecule has 0 aliphatic heterocycles. The maximum Gasteiger partial charge on any atom is 0.333 e. The van der Waals surface area contributed by atoms with Crippen molar-refractivity contribution in [3.8, 4) is 17.5 Å². The van der Waals surface area contributed by atoms with E-state index in [0.717, 1.165) is 16.5 Å². The molecule has 0 atom stereocenters. The Kier molecular flexibility index (Phi) is 5.09.